The molecule has 0 unspecified atom stereocenters. The van der Waals surface area contributed by atoms with Crippen molar-refractivity contribution in [1.29, 1.82) is 0 Å². The van der Waals surface area contributed by atoms with Gasteiger partial charge < -0.3 is 9.84 Å². The zero-order valence-corrected chi connectivity index (χ0v) is 12.8. The van der Waals surface area contributed by atoms with Crippen LogP contribution in [0, 0.1) is 0 Å². The van der Waals surface area contributed by atoms with Crippen molar-refractivity contribution < 1.29 is 18.3 Å². The Hall–Kier alpha value is -0.590. The third kappa shape index (κ3) is 4.59. The summed E-state index contributed by atoms with van der Waals surface area (Å²) in [6, 6.07) is 5.26. The Bertz CT molecular complexity index is 497. The van der Waals surface area contributed by atoms with Crippen molar-refractivity contribution in [2.24, 2.45) is 0 Å². The fraction of sp³-hybridized carbons (Fsp3) is 0.500. The van der Waals surface area contributed by atoms with E-state index in [-0.39, 0.29) is 18.1 Å². The van der Waals surface area contributed by atoms with E-state index < -0.39 is 15.9 Å². The minimum atomic E-state index is -3.03. The van der Waals surface area contributed by atoms with Gasteiger partial charge in [0.15, 0.2) is 9.84 Å². The van der Waals surface area contributed by atoms with Crippen LogP contribution in [0.15, 0.2) is 22.7 Å². The number of hydrogen-bond donors (Lipinski definition) is 1. The van der Waals surface area contributed by atoms with Crippen LogP contribution in [-0.4, -0.2) is 31.6 Å². The molecule has 1 N–H and O–H groups in total. The first kappa shape index (κ1) is 15.5. The molecular formula is C12H17BrO4S. The number of aliphatic hydroxyl groups is 1. The molecule has 0 aliphatic carbocycles. The lowest BCUT2D eigenvalue weighted by Gasteiger charge is -2.13. The van der Waals surface area contributed by atoms with Crippen molar-refractivity contribution >= 4 is 25.8 Å². The first-order valence-electron chi connectivity index (χ1n) is 5.66. The number of aliphatic hydroxyl groups excluding tert-OH is 1. The second kappa shape index (κ2) is 6.54. The first-order chi connectivity index (χ1) is 8.35. The average Bonchev–Trinajstić information content (AvgIpc) is 2.30. The van der Waals surface area contributed by atoms with E-state index in [1.165, 1.54) is 0 Å². The van der Waals surface area contributed by atoms with Gasteiger partial charge in [-0.15, -0.1) is 0 Å². The molecule has 0 saturated heterocycles. The fourth-order valence-corrected chi connectivity index (χ4v) is 2.40. The number of halogens is 1. The average molecular weight is 337 g/mol. The van der Waals surface area contributed by atoms with E-state index in [2.05, 4.69) is 15.9 Å². The van der Waals surface area contributed by atoms with Gasteiger partial charge in [0.05, 0.1) is 11.9 Å². The molecule has 1 aromatic carbocycles. The Kier molecular flexibility index (Phi) is 5.62. The van der Waals surface area contributed by atoms with E-state index >= 15 is 0 Å². The van der Waals surface area contributed by atoms with Gasteiger partial charge in [0.25, 0.3) is 0 Å². The van der Waals surface area contributed by atoms with Gasteiger partial charge in [0.1, 0.15) is 12.4 Å². The lowest BCUT2D eigenvalue weighted by molar-refractivity contribution is 0.192. The van der Waals surface area contributed by atoms with Crippen molar-refractivity contribution in [3.8, 4) is 5.75 Å². The monoisotopic (exact) mass is 336 g/mol. The van der Waals surface area contributed by atoms with Crippen molar-refractivity contribution in [1.82, 2.24) is 0 Å². The van der Waals surface area contributed by atoms with E-state index in [4.69, 9.17) is 4.74 Å². The fourth-order valence-electron chi connectivity index (χ4n) is 1.40. The molecule has 0 amide bonds. The van der Waals surface area contributed by atoms with E-state index in [0.717, 1.165) is 4.47 Å². The van der Waals surface area contributed by atoms with Crippen LogP contribution in [0.2, 0.25) is 0 Å². The topological polar surface area (TPSA) is 63.6 Å². The standard InChI is InChI=1S/C12H17BrO4S/c1-3-18(15,16)7-6-17-12-5-4-10(13)8-11(12)9(2)14/h4-5,8-9,14H,3,6-7H2,1-2H3/t9-/m1/s1. The number of ether oxygens (including phenoxy) is 1. The molecular weight excluding hydrogens is 320 g/mol. The number of sulfone groups is 1. The Balaban J connectivity index is 2.73. The van der Waals surface area contributed by atoms with Crippen LogP contribution in [0.4, 0.5) is 0 Å². The van der Waals surface area contributed by atoms with E-state index in [1.54, 1.807) is 32.0 Å². The first-order valence-corrected chi connectivity index (χ1v) is 8.28. The van der Waals surface area contributed by atoms with Crippen LogP contribution in [0.1, 0.15) is 25.5 Å². The second-order valence-corrected chi connectivity index (χ2v) is 7.33. The molecule has 102 valence electrons. The highest BCUT2D eigenvalue weighted by Gasteiger charge is 2.12. The molecule has 18 heavy (non-hydrogen) atoms. The summed E-state index contributed by atoms with van der Waals surface area (Å²) in [7, 11) is -3.03. The summed E-state index contributed by atoms with van der Waals surface area (Å²) >= 11 is 3.31. The van der Waals surface area contributed by atoms with Crippen molar-refractivity contribution in [2.75, 3.05) is 18.1 Å². The van der Waals surface area contributed by atoms with E-state index in [9.17, 15) is 13.5 Å². The quantitative estimate of drug-likeness (QED) is 0.865. The lowest BCUT2D eigenvalue weighted by Crippen LogP contribution is -2.16. The highest BCUT2D eigenvalue weighted by molar-refractivity contribution is 9.10. The van der Waals surface area contributed by atoms with Gasteiger partial charge in [-0.05, 0) is 25.1 Å². The molecule has 0 radical (unpaired) electrons. The Morgan fingerprint density at radius 1 is 1.44 bits per heavy atom. The van der Waals surface area contributed by atoms with Crippen LogP contribution in [0.25, 0.3) is 0 Å². The molecule has 0 fully saturated rings. The summed E-state index contributed by atoms with van der Waals surface area (Å²) < 4.78 is 28.9. The largest absolute Gasteiger partial charge is 0.492 e. The van der Waals surface area contributed by atoms with Gasteiger partial charge in [0.2, 0.25) is 0 Å². The predicted molar refractivity (Wildman–Crippen MR) is 74.6 cm³/mol. The van der Waals surface area contributed by atoms with E-state index in [0.29, 0.717) is 11.3 Å². The van der Waals surface area contributed by atoms with Gasteiger partial charge in [-0.25, -0.2) is 8.42 Å². The zero-order chi connectivity index (χ0) is 13.8. The Morgan fingerprint density at radius 3 is 2.67 bits per heavy atom. The van der Waals surface area contributed by atoms with Crippen molar-refractivity contribution in [3.63, 3.8) is 0 Å². The van der Waals surface area contributed by atoms with Gasteiger partial charge >= 0.3 is 0 Å². The molecule has 0 spiro atoms. The third-order valence-electron chi connectivity index (χ3n) is 2.51. The predicted octanol–water partition coefficient (Wildman–Crippen LogP) is 2.32. The highest BCUT2D eigenvalue weighted by Crippen LogP contribution is 2.28. The van der Waals surface area contributed by atoms with Crippen molar-refractivity contribution in [3.05, 3.63) is 28.2 Å². The Labute approximate surface area is 116 Å². The maximum absolute atomic E-state index is 11.3. The molecule has 6 heteroatoms. The molecule has 0 aromatic heterocycles. The molecule has 0 heterocycles. The highest BCUT2D eigenvalue weighted by atomic mass is 79.9. The summed E-state index contributed by atoms with van der Waals surface area (Å²) in [4.78, 5) is 0. The molecule has 0 aliphatic rings. The molecule has 0 bridgehead atoms. The minimum Gasteiger partial charge on any atom is -0.492 e. The molecule has 0 saturated carbocycles. The zero-order valence-electron chi connectivity index (χ0n) is 10.4. The van der Waals surface area contributed by atoms with E-state index in [1.807, 2.05) is 0 Å². The maximum Gasteiger partial charge on any atom is 0.153 e. The summed E-state index contributed by atoms with van der Waals surface area (Å²) in [5.41, 5.74) is 0.637. The van der Waals surface area contributed by atoms with Gasteiger partial charge in [-0.1, -0.05) is 22.9 Å². The third-order valence-corrected chi connectivity index (χ3v) is 4.68. The van der Waals surface area contributed by atoms with Crippen LogP contribution < -0.4 is 4.74 Å². The summed E-state index contributed by atoms with van der Waals surface area (Å²) in [6.07, 6.45) is -0.666. The molecule has 0 aliphatic heterocycles. The number of rotatable bonds is 6. The SMILES string of the molecule is CCS(=O)(=O)CCOc1ccc(Br)cc1[C@@H](C)O. The van der Waals surface area contributed by atoms with Gasteiger partial charge in [0, 0.05) is 15.8 Å². The summed E-state index contributed by atoms with van der Waals surface area (Å²) in [5, 5.41) is 9.62. The normalized spacial score (nSPS) is 13.3. The summed E-state index contributed by atoms with van der Waals surface area (Å²) in [6.45, 7) is 3.34. The van der Waals surface area contributed by atoms with Crippen LogP contribution in [0.5, 0.6) is 5.75 Å². The smallest absolute Gasteiger partial charge is 0.153 e. The number of hydrogen-bond acceptors (Lipinski definition) is 4. The second-order valence-electron chi connectivity index (χ2n) is 3.94. The Morgan fingerprint density at radius 2 is 2.11 bits per heavy atom. The van der Waals surface area contributed by atoms with Crippen LogP contribution >= 0.6 is 15.9 Å². The van der Waals surface area contributed by atoms with Crippen LogP contribution in [-0.2, 0) is 9.84 Å². The lowest BCUT2D eigenvalue weighted by atomic mass is 10.1. The van der Waals surface area contributed by atoms with Crippen LogP contribution in [0.3, 0.4) is 0 Å². The summed E-state index contributed by atoms with van der Waals surface area (Å²) in [5.74, 6) is 0.609. The van der Waals surface area contributed by atoms with Gasteiger partial charge in [-0.2, -0.15) is 0 Å². The molecule has 4 nitrogen and oxygen atoms in total. The maximum atomic E-state index is 11.3. The number of benzene rings is 1. The van der Waals surface area contributed by atoms with Gasteiger partial charge in [-0.3, -0.25) is 0 Å². The molecule has 1 aromatic rings. The minimum absolute atomic E-state index is 0.0151. The van der Waals surface area contributed by atoms with Crippen molar-refractivity contribution in [2.45, 2.75) is 20.0 Å². The molecule has 1 atom stereocenters. The molecule has 1 rings (SSSR count).